The van der Waals surface area contributed by atoms with Crippen LogP contribution in [0.5, 0.6) is 0 Å². The zero-order valence-electron chi connectivity index (χ0n) is 18.1. The summed E-state index contributed by atoms with van der Waals surface area (Å²) in [6, 6.07) is 18.3. The van der Waals surface area contributed by atoms with Crippen LogP contribution in [0.2, 0.25) is 5.02 Å². The van der Waals surface area contributed by atoms with Crippen LogP contribution in [0.15, 0.2) is 81.8 Å². The van der Waals surface area contributed by atoms with Crippen LogP contribution >= 0.6 is 43.5 Å². The van der Waals surface area contributed by atoms with Gasteiger partial charge in [0.2, 0.25) is 11.8 Å². The normalized spacial score (nSPS) is 24.4. The summed E-state index contributed by atoms with van der Waals surface area (Å²) in [4.78, 5) is 44.8. The van der Waals surface area contributed by atoms with E-state index in [1.807, 2.05) is 23.1 Å². The molecule has 3 aromatic carbocycles. The average Bonchev–Trinajstić information content (AvgIpc) is 3.33. The average molecular weight is 613 g/mol. The Balaban J connectivity index is 1.50. The van der Waals surface area contributed by atoms with E-state index in [4.69, 9.17) is 11.6 Å². The molecule has 3 aliphatic heterocycles. The lowest BCUT2D eigenvalue weighted by Crippen LogP contribution is -2.48. The molecular weight excluding hydrogens is 596 g/mol. The number of carbonyl (C=O) groups is 3. The highest BCUT2D eigenvalue weighted by molar-refractivity contribution is 9.10. The van der Waals surface area contributed by atoms with E-state index >= 15 is 0 Å². The molecule has 0 saturated carbocycles. The summed E-state index contributed by atoms with van der Waals surface area (Å²) in [5, 5.41) is 0.527. The zero-order valence-corrected chi connectivity index (χ0v) is 22.0. The van der Waals surface area contributed by atoms with Gasteiger partial charge in [0.05, 0.1) is 23.6 Å². The number of nitrogens with zero attached hydrogens (tertiary/aromatic N) is 2. The Labute approximate surface area is 223 Å². The molecule has 2 saturated heterocycles. The molecule has 2 amide bonds. The molecule has 6 rings (SSSR count). The highest BCUT2D eigenvalue weighted by Gasteiger charge is 2.64. The largest absolute Gasteiger partial charge is 0.352 e. The van der Waals surface area contributed by atoms with Crippen LogP contribution in [0.4, 0.5) is 11.4 Å². The maximum Gasteiger partial charge on any atom is 0.240 e. The van der Waals surface area contributed by atoms with E-state index in [-0.39, 0.29) is 17.6 Å². The van der Waals surface area contributed by atoms with Gasteiger partial charge in [0.15, 0.2) is 5.78 Å². The number of hydrogen-bond acceptors (Lipinski definition) is 4. The fraction of sp³-hybridized carbons (Fsp3) is 0.148. The van der Waals surface area contributed by atoms with Gasteiger partial charge in [-0.2, -0.15) is 0 Å². The number of hydrogen-bond donors (Lipinski definition) is 0. The van der Waals surface area contributed by atoms with E-state index < -0.39 is 23.9 Å². The number of ketones is 1. The van der Waals surface area contributed by atoms with Gasteiger partial charge in [0, 0.05) is 25.2 Å². The number of Topliss-reactive ketones (excluding diaryl/α,β-unsaturated/α-hetero) is 1. The second-order valence-corrected chi connectivity index (χ2v) is 11.1. The number of benzene rings is 3. The molecule has 3 heterocycles. The zero-order chi connectivity index (χ0) is 24.4. The molecule has 174 valence electrons. The Morgan fingerprint density at radius 2 is 1.46 bits per heavy atom. The van der Waals surface area contributed by atoms with E-state index in [1.165, 1.54) is 4.90 Å². The number of anilines is 2. The molecule has 35 heavy (non-hydrogen) atoms. The molecule has 3 aromatic rings. The minimum Gasteiger partial charge on any atom is -0.352 e. The molecule has 0 unspecified atom stereocenters. The molecule has 5 nitrogen and oxygen atoms in total. The summed E-state index contributed by atoms with van der Waals surface area (Å²) in [6.07, 6.45) is 3.87. The Morgan fingerprint density at radius 1 is 0.829 bits per heavy atom. The van der Waals surface area contributed by atoms with Crippen molar-refractivity contribution < 1.29 is 14.4 Å². The number of imide groups is 1. The predicted octanol–water partition coefficient (Wildman–Crippen LogP) is 6.14. The number of rotatable bonds is 3. The summed E-state index contributed by atoms with van der Waals surface area (Å²) >= 11 is 13.1. The first-order chi connectivity index (χ1) is 16.8. The van der Waals surface area contributed by atoms with E-state index in [9.17, 15) is 14.4 Å². The van der Waals surface area contributed by atoms with Gasteiger partial charge in [-0.1, -0.05) is 73.8 Å². The van der Waals surface area contributed by atoms with Crippen LogP contribution in [-0.2, 0) is 9.59 Å². The summed E-state index contributed by atoms with van der Waals surface area (Å²) in [6.45, 7) is 0. The Morgan fingerprint density at radius 3 is 2.14 bits per heavy atom. The quantitative estimate of drug-likeness (QED) is 0.264. The van der Waals surface area contributed by atoms with Crippen molar-refractivity contribution in [2.75, 3.05) is 9.80 Å². The van der Waals surface area contributed by atoms with Gasteiger partial charge >= 0.3 is 0 Å². The summed E-state index contributed by atoms with van der Waals surface area (Å²) < 4.78 is 1.70. The third kappa shape index (κ3) is 3.51. The van der Waals surface area contributed by atoms with Crippen molar-refractivity contribution in [1.82, 2.24) is 0 Å². The van der Waals surface area contributed by atoms with Crippen LogP contribution in [0.25, 0.3) is 6.08 Å². The van der Waals surface area contributed by atoms with Crippen LogP contribution in [0, 0.1) is 11.8 Å². The standard InChI is InChI=1S/C27H17Br2ClN2O3/c28-16-5-1-15(2-6-16)25(33)24-23-22(20-12-4-14-3-9-18(30)13-21(14)32(20)24)26(34)31(27(23)35)19-10-7-17(29)8-11-19/h1-13,20,22-24H/t20-,22+,23-,24+/m1/s1. The van der Waals surface area contributed by atoms with Gasteiger partial charge in [0.25, 0.3) is 0 Å². The first-order valence-electron chi connectivity index (χ1n) is 11.0. The second kappa shape index (κ2) is 8.43. The Hall–Kier alpha value is -2.74. The minimum atomic E-state index is -0.842. The lowest BCUT2D eigenvalue weighted by molar-refractivity contribution is -0.122. The van der Waals surface area contributed by atoms with Gasteiger partial charge in [-0.15, -0.1) is 0 Å². The van der Waals surface area contributed by atoms with Crippen molar-refractivity contribution in [1.29, 1.82) is 0 Å². The number of amides is 2. The lowest BCUT2D eigenvalue weighted by Gasteiger charge is -2.36. The van der Waals surface area contributed by atoms with Crippen LogP contribution in [-0.4, -0.2) is 29.7 Å². The first-order valence-corrected chi connectivity index (χ1v) is 13.0. The maximum absolute atomic E-state index is 14.0. The van der Waals surface area contributed by atoms with Crippen molar-refractivity contribution in [2.24, 2.45) is 11.8 Å². The maximum atomic E-state index is 14.0. The third-order valence-electron chi connectivity index (χ3n) is 6.95. The molecule has 0 bridgehead atoms. The highest BCUT2D eigenvalue weighted by atomic mass is 79.9. The summed E-state index contributed by atoms with van der Waals surface area (Å²) in [7, 11) is 0. The van der Waals surface area contributed by atoms with Crippen molar-refractivity contribution in [3.05, 3.63) is 97.9 Å². The highest BCUT2D eigenvalue weighted by Crippen LogP contribution is 2.50. The smallest absolute Gasteiger partial charge is 0.240 e. The third-order valence-corrected chi connectivity index (χ3v) is 8.25. The number of fused-ring (bicyclic) bond motifs is 5. The molecule has 0 aliphatic carbocycles. The fourth-order valence-corrected chi connectivity index (χ4v) is 6.16. The Bertz CT molecular complexity index is 1420. The van der Waals surface area contributed by atoms with E-state index in [0.717, 1.165) is 20.2 Å². The molecule has 2 fully saturated rings. The molecule has 0 aromatic heterocycles. The van der Waals surface area contributed by atoms with Crippen molar-refractivity contribution in [3.8, 4) is 0 Å². The van der Waals surface area contributed by atoms with Gasteiger partial charge in [-0.3, -0.25) is 14.4 Å². The summed E-state index contributed by atoms with van der Waals surface area (Å²) in [5.74, 6) is -2.35. The molecule has 8 heteroatoms. The minimum absolute atomic E-state index is 0.199. The molecule has 0 spiro atoms. The summed E-state index contributed by atoms with van der Waals surface area (Å²) in [5.41, 5.74) is 2.63. The Kier molecular flexibility index (Phi) is 5.47. The van der Waals surface area contributed by atoms with Crippen molar-refractivity contribution in [2.45, 2.75) is 12.1 Å². The van der Waals surface area contributed by atoms with Crippen molar-refractivity contribution >= 4 is 78.5 Å². The molecule has 4 atom stereocenters. The van der Waals surface area contributed by atoms with Crippen LogP contribution < -0.4 is 9.80 Å². The molecule has 0 radical (unpaired) electrons. The molecule has 3 aliphatic rings. The second-order valence-electron chi connectivity index (χ2n) is 8.82. The van der Waals surface area contributed by atoms with E-state index in [0.29, 0.717) is 16.3 Å². The SMILES string of the molecule is O=C(c1ccc(Br)cc1)[C@@H]1[C@@H]2C(=O)N(c3ccc(Br)cc3)C(=O)[C@H]2[C@H]2C=Cc3ccc(Cl)cc3N21. The van der Waals surface area contributed by atoms with Gasteiger partial charge in [-0.05, 0) is 54.1 Å². The molecular formula is C27H17Br2ClN2O3. The predicted molar refractivity (Wildman–Crippen MR) is 143 cm³/mol. The van der Waals surface area contributed by atoms with E-state index in [2.05, 4.69) is 31.9 Å². The van der Waals surface area contributed by atoms with E-state index in [1.54, 1.807) is 60.7 Å². The molecule has 0 N–H and O–H groups in total. The topological polar surface area (TPSA) is 57.7 Å². The number of carbonyl (C=O) groups excluding carboxylic acids is 3. The fourth-order valence-electron chi connectivity index (χ4n) is 5.46. The van der Waals surface area contributed by atoms with Crippen molar-refractivity contribution in [3.63, 3.8) is 0 Å². The first kappa shape index (κ1) is 22.7. The monoisotopic (exact) mass is 610 g/mol. The van der Waals surface area contributed by atoms with Gasteiger partial charge < -0.3 is 4.90 Å². The van der Waals surface area contributed by atoms with Crippen LogP contribution in [0.3, 0.4) is 0 Å². The lowest BCUT2D eigenvalue weighted by atomic mass is 9.86. The van der Waals surface area contributed by atoms with Crippen LogP contribution in [0.1, 0.15) is 15.9 Å². The van der Waals surface area contributed by atoms with Gasteiger partial charge in [-0.25, -0.2) is 4.90 Å². The number of halogens is 3. The van der Waals surface area contributed by atoms with Gasteiger partial charge in [0.1, 0.15) is 6.04 Å².